The summed E-state index contributed by atoms with van der Waals surface area (Å²) in [4.78, 5) is 6.78. The van der Waals surface area contributed by atoms with Crippen LogP contribution in [0.2, 0.25) is 0 Å². The highest BCUT2D eigenvalue weighted by Gasteiger charge is 2.13. The molecule has 1 atom stereocenters. The van der Waals surface area contributed by atoms with Gasteiger partial charge in [-0.3, -0.25) is 0 Å². The smallest absolute Gasteiger partial charge is 0.171 e. The van der Waals surface area contributed by atoms with E-state index in [1.165, 1.54) is 0 Å². The molecule has 5 heteroatoms. The third-order valence-electron chi connectivity index (χ3n) is 2.37. The molecule has 0 spiro atoms. The highest BCUT2D eigenvalue weighted by Crippen LogP contribution is 2.24. The molecule has 4 nitrogen and oxygen atoms in total. The lowest BCUT2D eigenvalue weighted by atomic mass is 10.1. The lowest BCUT2D eigenvalue weighted by Crippen LogP contribution is -2.32. The fourth-order valence-electron chi connectivity index (χ4n) is 1.42. The first-order valence-electron chi connectivity index (χ1n) is 5.05. The number of hydrogen-bond donors (Lipinski definition) is 1. The molecule has 0 aliphatic heterocycles. The monoisotopic (exact) mass is 239 g/mol. The Morgan fingerprint density at radius 2 is 2.38 bits per heavy atom. The Kier molecular flexibility index (Phi) is 4.49. The van der Waals surface area contributed by atoms with Crippen molar-refractivity contribution in [2.24, 2.45) is 11.7 Å². The summed E-state index contributed by atoms with van der Waals surface area (Å²) in [5.41, 5.74) is 5.59. The van der Waals surface area contributed by atoms with Gasteiger partial charge in [0.05, 0.1) is 12.1 Å². The second-order valence-corrected chi connectivity index (χ2v) is 4.18. The summed E-state index contributed by atoms with van der Waals surface area (Å²) < 4.78 is 5.24. The molecule has 2 N–H and O–H groups in total. The molecular weight excluding hydrogens is 222 g/mol. The normalized spacial score (nSPS) is 11.9. The number of thiocarbonyl (C=S) groups is 1. The first-order valence-corrected chi connectivity index (χ1v) is 5.46. The van der Waals surface area contributed by atoms with Gasteiger partial charge in [0.15, 0.2) is 11.6 Å². The zero-order valence-corrected chi connectivity index (χ0v) is 10.6. The Labute approximate surface area is 101 Å². The molecule has 0 bridgehead atoms. The van der Waals surface area contributed by atoms with Crippen LogP contribution in [0.3, 0.4) is 0 Å². The van der Waals surface area contributed by atoms with Crippen molar-refractivity contribution in [3.63, 3.8) is 0 Å². The van der Waals surface area contributed by atoms with Crippen LogP contribution in [0.1, 0.15) is 6.92 Å². The third-order valence-corrected chi connectivity index (χ3v) is 2.77. The van der Waals surface area contributed by atoms with Gasteiger partial charge in [-0.25, -0.2) is 4.98 Å². The van der Waals surface area contributed by atoms with E-state index >= 15 is 0 Å². The molecule has 0 fully saturated rings. The third kappa shape index (κ3) is 3.06. The highest BCUT2D eigenvalue weighted by atomic mass is 32.1. The van der Waals surface area contributed by atoms with E-state index in [-0.39, 0.29) is 5.92 Å². The summed E-state index contributed by atoms with van der Waals surface area (Å²) in [5, 5.41) is 0. The number of pyridine rings is 1. The Morgan fingerprint density at radius 3 is 2.94 bits per heavy atom. The maximum absolute atomic E-state index is 5.59. The van der Waals surface area contributed by atoms with Crippen molar-refractivity contribution in [1.29, 1.82) is 0 Å². The van der Waals surface area contributed by atoms with Gasteiger partial charge in [0.25, 0.3) is 0 Å². The van der Waals surface area contributed by atoms with Gasteiger partial charge < -0.3 is 15.4 Å². The second-order valence-electron chi connectivity index (χ2n) is 3.71. The molecule has 0 aliphatic carbocycles. The summed E-state index contributed by atoms with van der Waals surface area (Å²) in [6.07, 6.45) is 1.74. The van der Waals surface area contributed by atoms with E-state index in [0.29, 0.717) is 4.99 Å². The van der Waals surface area contributed by atoms with Crippen molar-refractivity contribution >= 4 is 23.0 Å². The minimum absolute atomic E-state index is 0.145. The molecule has 1 rings (SSSR count). The van der Waals surface area contributed by atoms with E-state index in [2.05, 4.69) is 4.98 Å². The molecule has 0 amide bonds. The Bertz CT molecular complexity index is 370. The molecule has 0 saturated carbocycles. The van der Waals surface area contributed by atoms with Crippen molar-refractivity contribution in [3.05, 3.63) is 18.3 Å². The van der Waals surface area contributed by atoms with Crippen LogP contribution >= 0.6 is 12.2 Å². The molecule has 16 heavy (non-hydrogen) atoms. The van der Waals surface area contributed by atoms with E-state index in [1.54, 1.807) is 13.3 Å². The van der Waals surface area contributed by atoms with Crippen LogP contribution in [0.25, 0.3) is 0 Å². The summed E-state index contributed by atoms with van der Waals surface area (Å²) in [5.74, 6) is 1.69. The summed E-state index contributed by atoms with van der Waals surface area (Å²) in [6.45, 7) is 2.72. The van der Waals surface area contributed by atoms with Crippen molar-refractivity contribution in [1.82, 2.24) is 4.98 Å². The molecule has 1 unspecified atom stereocenters. The molecule has 1 heterocycles. The van der Waals surface area contributed by atoms with Gasteiger partial charge in [-0.05, 0) is 12.1 Å². The predicted octanol–water partition coefficient (Wildman–Crippen LogP) is 1.45. The first-order chi connectivity index (χ1) is 7.56. The van der Waals surface area contributed by atoms with Gasteiger partial charge in [0.2, 0.25) is 0 Å². The predicted molar refractivity (Wildman–Crippen MR) is 70.0 cm³/mol. The summed E-state index contributed by atoms with van der Waals surface area (Å²) >= 11 is 4.95. The maximum Gasteiger partial charge on any atom is 0.171 e. The molecule has 0 aromatic carbocycles. The highest BCUT2D eigenvalue weighted by molar-refractivity contribution is 7.80. The summed E-state index contributed by atoms with van der Waals surface area (Å²) in [7, 11) is 3.57. The number of nitrogens with zero attached hydrogens (tertiary/aromatic N) is 2. The molecule has 88 valence electrons. The molecule has 1 aromatic rings. The van der Waals surface area contributed by atoms with Crippen LogP contribution in [-0.4, -0.2) is 30.7 Å². The zero-order valence-electron chi connectivity index (χ0n) is 9.80. The molecule has 1 aromatic heterocycles. The van der Waals surface area contributed by atoms with Crippen LogP contribution in [-0.2, 0) is 0 Å². The number of hydrogen-bond acceptors (Lipinski definition) is 4. The first kappa shape index (κ1) is 12.7. The lowest BCUT2D eigenvalue weighted by molar-refractivity contribution is 0.412. The average Bonchev–Trinajstić information content (AvgIpc) is 2.28. The largest absolute Gasteiger partial charge is 0.493 e. The van der Waals surface area contributed by atoms with E-state index in [9.17, 15) is 0 Å². The van der Waals surface area contributed by atoms with E-state index < -0.39 is 0 Å². The Hall–Kier alpha value is -1.36. The molecule has 0 radical (unpaired) electrons. The lowest BCUT2D eigenvalue weighted by Gasteiger charge is -2.23. The number of rotatable bonds is 5. The fraction of sp³-hybridized carbons (Fsp3) is 0.455. The quantitative estimate of drug-likeness (QED) is 0.788. The number of anilines is 1. The van der Waals surface area contributed by atoms with Crippen molar-refractivity contribution in [2.45, 2.75) is 6.92 Å². The number of ether oxygens (including phenoxy) is 1. The number of aromatic nitrogens is 1. The fourth-order valence-corrected chi connectivity index (χ4v) is 1.49. The van der Waals surface area contributed by atoms with Crippen LogP contribution < -0.4 is 15.4 Å². The van der Waals surface area contributed by atoms with Gasteiger partial charge in [-0.2, -0.15) is 0 Å². The van der Waals surface area contributed by atoms with Gasteiger partial charge >= 0.3 is 0 Å². The Morgan fingerprint density at radius 1 is 1.69 bits per heavy atom. The second kappa shape index (κ2) is 5.65. The van der Waals surface area contributed by atoms with Gasteiger partial charge in [-0.15, -0.1) is 0 Å². The number of nitrogens with two attached hydrogens (primary N) is 1. The van der Waals surface area contributed by atoms with Crippen LogP contribution in [0, 0.1) is 5.92 Å². The molecule has 0 aliphatic rings. The number of methoxy groups -OCH3 is 1. The zero-order chi connectivity index (χ0) is 12.1. The minimum atomic E-state index is 0.145. The molecular formula is C11H17N3OS. The van der Waals surface area contributed by atoms with E-state index in [0.717, 1.165) is 18.1 Å². The topological polar surface area (TPSA) is 51.4 Å². The van der Waals surface area contributed by atoms with Crippen LogP contribution in [0.4, 0.5) is 5.82 Å². The average molecular weight is 239 g/mol. The van der Waals surface area contributed by atoms with Crippen LogP contribution in [0.15, 0.2) is 18.3 Å². The standard InChI is InChI=1S/C11H17N3OS/c1-8(10(12)16)7-14(2)11-9(15-3)5-4-6-13-11/h4-6,8H,7H2,1-3H3,(H2,12,16). The van der Waals surface area contributed by atoms with Crippen molar-refractivity contribution in [2.75, 3.05) is 25.6 Å². The van der Waals surface area contributed by atoms with Gasteiger partial charge in [-0.1, -0.05) is 19.1 Å². The van der Waals surface area contributed by atoms with Crippen LogP contribution in [0.5, 0.6) is 5.75 Å². The molecule has 0 saturated heterocycles. The van der Waals surface area contributed by atoms with Crippen molar-refractivity contribution < 1.29 is 4.74 Å². The summed E-state index contributed by atoms with van der Waals surface area (Å²) in [6, 6.07) is 3.72. The van der Waals surface area contributed by atoms with Crippen molar-refractivity contribution in [3.8, 4) is 5.75 Å². The Balaban J connectivity index is 2.79. The SMILES string of the molecule is COc1cccnc1N(C)CC(C)C(N)=S. The van der Waals surface area contributed by atoms with E-state index in [1.807, 2.05) is 31.0 Å². The minimum Gasteiger partial charge on any atom is -0.493 e. The maximum atomic E-state index is 5.59. The van der Waals surface area contributed by atoms with Gasteiger partial charge in [0, 0.05) is 25.7 Å². The van der Waals surface area contributed by atoms with E-state index in [4.69, 9.17) is 22.7 Å². The van der Waals surface area contributed by atoms with Gasteiger partial charge in [0.1, 0.15) is 0 Å².